The van der Waals surface area contributed by atoms with Crippen molar-refractivity contribution in [1.29, 1.82) is 0 Å². The van der Waals surface area contributed by atoms with Crippen molar-refractivity contribution in [2.75, 3.05) is 5.88 Å². The van der Waals surface area contributed by atoms with Crippen LogP contribution in [0.4, 0.5) is 0 Å². The fraction of sp³-hybridized carbons (Fsp3) is 1.00. The molecule has 0 heterocycles. The summed E-state index contributed by atoms with van der Waals surface area (Å²) in [4.78, 5) is 0. The summed E-state index contributed by atoms with van der Waals surface area (Å²) in [5.41, 5.74) is 0. The van der Waals surface area contributed by atoms with Gasteiger partial charge in [0.1, 0.15) is 0 Å². The van der Waals surface area contributed by atoms with E-state index in [2.05, 4.69) is 13.8 Å². The van der Waals surface area contributed by atoms with E-state index in [1.807, 2.05) is 0 Å². The Hall–Kier alpha value is 0.290. The van der Waals surface area contributed by atoms with Crippen LogP contribution in [-0.2, 0) is 0 Å². The zero-order chi connectivity index (χ0) is 12.8. The molecule has 104 valence electrons. The molecule has 0 amide bonds. The maximum absolute atomic E-state index is 5.79. The molecule has 0 aromatic heterocycles. The molecule has 0 rings (SSSR count). The van der Waals surface area contributed by atoms with Crippen molar-refractivity contribution in [3.05, 3.63) is 0 Å². The van der Waals surface area contributed by atoms with Gasteiger partial charge in [-0.05, 0) is 12.3 Å². The predicted molar refractivity (Wildman–Crippen MR) is 81.0 cm³/mol. The highest BCUT2D eigenvalue weighted by molar-refractivity contribution is 6.18. The maximum atomic E-state index is 5.79. The standard InChI is InChI=1S/C16H33Cl/c1-3-4-5-6-7-8-9-10-11-12-13-14-16(2)15-17/h16H,3-15H2,1-2H3. The van der Waals surface area contributed by atoms with Crippen LogP contribution in [0.2, 0.25) is 0 Å². The average molecular weight is 261 g/mol. The summed E-state index contributed by atoms with van der Waals surface area (Å²) in [5.74, 6) is 1.55. The van der Waals surface area contributed by atoms with E-state index >= 15 is 0 Å². The Morgan fingerprint density at radius 3 is 1.53 bits per heavy atom. The SMILES string of the molecule is CCCCCCCCCCCCCC(C)CCl. The van der Waals surface area contributed by atoms with Crippen molar-refractivity contribution in [1.82, 2.24) is 0 Å². The molecule has 0 aromatic rings. The van der Waals surface area contributed by atoms with Gasteiger partial charge in [-0.15, -0.1) is 11.6 Å². The van der Waals surface area contributed by atoms with Gasteiger partial charge in [-0.1, -0.05) is 84.5 Å². The zero-order valence-corrected chi connectivity index (χ0v) is 12.9. The third-order valence-corrected chi connectivity index (χ3v) is 4.09. The molecule has 1 unspecified atom stereocenters. The van der Waals surface area contributed by atoms with Crippen molar-refractivity contribution in [2.45, 2.75) is 90.9 Å². The summed E-state index contributed by atoms with van der Waals surface area (Å²) in [6.45, 7) is 4.54. The zero-order valence-electron chi connectivity index (χ0n) is 12.1. The molecule has 0 nitrogen and oxygen atoms in total. The van der Waals surface area contributed by atoms with Crippen LogP contribution in [0.25, 0.3) is 0 Å². The van der Waals surface area contributed by atoms with Crippen molar-refractivity contribution in [2.24, 2.45) is 5.92 Å². The molecule has 0 saturated carbocycles. The van der Waals surface area contributed by atoms with Crippen molar-refractivity contribution in [3.8, 4) is 0 Å². The van der Waals surface area contributed by atoms with Crippen molar-refractivity contribution < 1.29 is 0 Å². The Bertz CT molecular complexity index is 133. The summed E-state index contributed by atoms with van der Waals surface area (Å²) in [6.07, 6.45) is 17.1. The van der Waals surface area contributed by atoms with Crippen LogP contribution in [0.3, 0.4) is 0 Å². The van der Waals surface area contributed by atoms with E-state index in [9.17, 15) is 0 Å². The van der Waals surface area contributed by atoms with Gasteiger partial charge in [-0.3, -0.25) is 0 Å². The highest BCUT2D eigenvalue weighted by Gasteiger charge is 1.99. The van der Waals surface area contributed by atoms with E-state index < -0.39 is 0 Å². The smallest absolute Gasteiger partial charge is 0.0249 e. The molecule has 0 aliphatic carbocycles. The van der Waals surface area contributed by atoms with Crippen molar-refractivity contribution >= 4 is 11.6 Å². The Balaban J connectivity index is 2.94. The van der Waals surface area contributed by atoms with E-state index in [1.165, 1.54) is 77.0 Å². The molecule has 0 saturated heterocycles. The molecule has 1 heteroatoms. The molecular formula is C16H33Cl. The first-order valence-electron chi connectivity index (χ1n) is 7.87. The third-order valence-electron chi connectivity index (χ3n) is 3.56. The van der Waals surface area contributed by atoms with E-state index in [0.29, 0.717) is 0 Å². The molecule has 0 aliphatic heterocycles. The number of hydrogen-bond donors (Lipinski definition) is 0. The monoisotopic (exact) mass is 260 g/mol. The summed E-state index contributed by atoms with van der Waals surface area (Å²) in [7, 11) is 0. The van der Waals surface area contributed by atoms with Gasteiger partial charge in [0.15, 0.2) is 0 Å². The lowest BCUT2D eigenvalue weighted by molar-refractivity contribution is 0.507. The second kappa shape index (κ2) is 14.4. The van der Waals surface area contributed by atoms with E-state index in [0.717, 1.165) is 11.8 Å². The van der Waals surface area contributed by atoms with Gasteiger partial charge in [0.2, 0.25) is 0 Å². The Kier molecular flexibility index (Phi) is 14.6. The molecule has 0 radical (unpaired) electrons. The first-order chi connectivity index (χ1) is 8.31. The average Bonchev–Trinajstić information content (AvgIpc) is 2.35. The molecule has 0 bridgehead atoms. The summed E-state index contributed by atoms with van der Waals surface area (Å²) >= 11 is 5.79. The van der Waals surface area contributed by atoms with Gasteiger partial charge >= 0.3 is 0 Å². The van der Waals surface area contributed by atoms with Crippen LogP contribution < -0.4 is 0 Å². The molecule has 0 fully saturated rings. The van der Waals surface area contributed by atoms with E-state index in [-0.39, 0.29) is 0 Å². The molecular weight excluding hydrogens is 228 g/mol. The minimum atomic E-state index is 0.718. The lowest BCUT2D eigenvalue weighted by Gasteiger charge is -2.06. The maximum Gasteiger partial charge on any atom is 0.0249 e. The molecule has 0 N–H and O–H groups in total. The lowest BCUT2D eigenvalue weighted by Crippen LogP contribution is -1.95. The predicted octanol–water partition coefficient (Wildman–Crippen LogP) is 6.56. The normalized spacial score (nSPS) is 12.9. The third kappa shape index (κ3) is 14.2. The molecule has 0 aliphatic rings. The van der Waals surface area contributed by atoms with Crippen LogP contribution >= 0.6 is 11.6 Å². The van der Waals surface area contributed by atoms with Crippen LogP contribution in [0.15, 0.2) is 0 Å². The van der Waals surface area contributed by atoms with Crippen LogP contribution in [0.5, 0.6) is 0 Å². The van der Waals surface area contributed by atoms with Crippen LogP contribution in [0.1, 0.15) is 90.9 Å². The van der Waals surface area contributed by atoms with Gasteiger partial charge in [0.05, 0.1) is 0 Å². The fourth-order valence-electron chi connectivity index (χ4n) is 2.23. The van der Waals surface area contributed by atoms with Gasteiger partial charge in [-0.2, -0.15) is 0 Å². The second-order valence-electron chi connectivity index (χ2n) is 5.58. The number of halogens is 1. The first-order valence-corrected chi connectivity index (χ1v) is 8.40. The summed E-state index contributed by atoms with van der Waals surface area (Å²) in [6, 6.07) is 0. The number of alkyl halides is 1. The van der Waals surface area contributed by atoms with Crippen LogP contribution in [-0.4, -0.2) is 5.88 Å². The molecule has 0 aromatic carbocycles. The molecule has 17 heavy (non-hydrogen) atoms. The van der Waals surface area contributed by atoms with E-state index in [1.54, 1.807) is 0 Å². The highest BCUT2D eigenvalue weighted by Crippen LogP contribution is 2.14. The fourth-order valence-corrected chi connectivity index (χ4v) is 2.39. The number of rotatable bonds is 13. The summed E-state index contributed by atoms with van der Waals surface area (Å²) in [5, 5.41) is 0. The molecule has 1 atom stereocenters. The van der Waals surface area contributed by atoms with Crippen molar-refractivity contribution in [3.63, 3.8) is 0 Å². The second-order valence-corrected chi connectivity index (χ2v) is 5.89. The lowest BCUT2D eigenvalue weighted by atomic mass is 10.0. The number of unbranched alkanes of at least 4 members (excludes halogenated alkanes) is 10. The Morgan fingerprint density at radius 1 is 0.706 bits per heavy atom. The highest BCUT2D eigenvalue weighted by atomic mass is 35.5. The largest absolute Gasteiger partial charge is 0.126 e. The first kappa shape index (κ1) is 17.3. The van der Waals surface area contributed by atoms with Gasteiger partial charge in [0, 0.05) is 5.88 Å². The number of hydrogen-bond acceptors (Lipinski definition) is 0. The van der Waals surface area contributed by atoms with E-state index in [4.69, 9.17) is 11.6 Å². The van der Waals surface area contributed by atoms with Gasteiger partial charge < -0.3 is 0 Å². The quantitative estimate of drug-likeness (QED) is 0.260. The van der Waals surface area contributed by atoms with Crippen LogP contribution in [0, 0.1) is 5.92 Å². The van der Waals surface area contributed by atoms with Gasteiger partial charge in [0.25, 0.3) is 0 Å². The minimum Gasteiger partial charge on any atom is -0.126 e. The minimum absolute atomic E-state index is 0.718. The molecule has 0 spiro atoms. The topological polar surface area (TPSA) is 0 Å². The Labute approximate surface area is 115 Å². The summed E-state index contributed by atoms with van der Waals surface area (Å²) < 4.78 is 0. The Morgan fingerprint density at radius 2 is 1.12 bits per heavy atom. The van der Waals surface area contributed by atoms with Gasteiger partial charge in [-0.25, -0.2) is 0 Å².